The second-order valence-corrected chi connectivity index (χ2v) is 3.94. The van der Waals surface area contributed by atoms with E-state index in [1.54, 1.807) is 0 Å². The molecule has 0 fully saturated rings. The van der Waals surface area contributed by atoms with Crippen LogP contribution in [-0.2, 0) is 0 Å². The van der Waals surface area contributed by atoms with E-state index < -0.39 is 0 Å². The number of hydrogen-bond donors (Lipinski definition) is 3. The van der Waals surface area contributed by atoms with E-state index in [2.05, 4.69) is 12.2 Å². The first-order chi connectivity index (χ1) is 6.85. The normalized spacial score (nSPS) is 13.1. The minimum Gasteiger partial charge on any atom is -0.330 e. The summed E-state index contributed by atoms with van der Waals surface area (Å²) < 4.78 is 0. The zero-order chi connectivity index (χ0) is 10.6. The molecule has 3 nitrogen and oxygen atoms in total. The van der Waals surface area contributed by atoms with Crippen molar-refractivity contribution >= 4 is 0 Å². The highest BCUT2D eigenvalue weighted by molar-refractivity contribution is 4.63. The molecule has 0 radical (unpaired) electrons. The first-order valence-electron chi connectivity index (χ1n) is 5.96. The van der Waals surface area contributed by atoms with Gasteiger partial charge in [0.05, 0.1) is 0 Å². The third kappa shape index (κ3) is 8.48. The van der Waals surface area contributed by atoms with Crippen LogP contribution in [0.15, 0.2) is 0 Å². The zero-order valence-corrected chi connectivity index (χ0v) is 9.60. The van der Waals surface area contributed by atoms with Crippen LogP contribution in [0.5, 0.6) is 0 Å². The average Bonchev–Trinajstić information content (AvgIpc) is 2.22. The van der Waals surface area contributed by atoms with Gasteiger partial charge in [-0.25, -0.2) is 0 Å². The minimum atomic E-state index is 0.652. The fraction of sp³-hybridized carbons (Fsp3) is 1.00. The lowest BCUT2D eigenvalue weighted by atomic mass is 10.0. The summed E-state index contributed by atoms with van der Waals surface area (Å²) in [6.45, 7) is 5.90. The highest BCUT2D eigenvalue weighted by Crippen LogP contribution is 2.07. The molecule has 0 amide bonds. The number of hydrogen-bond acceptors (Lipinski definition) is 3. The molecule has 0 saturated heterocycles. The van der Waals surface area contributed by atoms with Gasteiger partial charge in [0.15, 0.2) is 0 Å². The van der Waals surface area contributed by atoms with Gasteiger partial charge in [0, 0.05) is 0 Å². The molecule has 0 aromatic carbocycles. The van der Waals surface area contributed by atoms with Crippen LogP contribution in [0.2, 0.25) is 0 Å². The van der Waals surface area contributed by atoms with Crippen LogP contribution in [0, 0.1) is 5.92 Å². The summed E-state index contributed by atoms with van der Waals surface area (Å²) in [7, 11) is 0. The van der Waals surface area contributed by atoms with Crippen LogP contribution >= 0.6 is 0 Å². The van der Waals surface area contributed by atoms with E-state index in [0.717, 1.165) is 32.6 Å². The molecular weight excluding hydrogens is 174 g/mol. The van der Waals surface area contributed by atoms with Gasteiger partial charge in [0.2, 0.25) is 0 Å². The Labute approximate surface area is 88.6 Å². The van der Waals surface area contributed by atoms with E-state index in [1.807, 2.05) is 0 Å². The smallest absolute Gasteiger partial charge is 0.000845 e. The Kier molecular flexibility index (Phi) is 10.9. The topological polar surface area (TPSA) is 64.1 Å². The van der Waals surface area contributed by atoms with E-state index in [4.69, 9.17) is 11.5 Å². The molecule has 1 atom stereocenters. The molecule has 0 heterocycles. The molecule has 0 rings (SSSR count). The summed E-state index contributed by atoms with van der Waals surface area (Å²) in [4.78, 5) is 0. The summed E-state index contributed by atoms with van der Waals surface area (Å²) in [5, 5.41) is 3.40. The van der Waals surface area contributed by atoms with Crippen molar-refractivity contribution in [3.05, 3.63) is 0 Å². The average molecular weight is 201 g/mol. The van der Waals surface area contributed by atoms with E-state index in [1.165, 1.54) is 25.7 Å². The lowest BCUT2D eigenvalue weighted by Crippen LogP contribution is -2.29. The Morgan fingerprint density at radius 2 is 1.93 bits per heavy atom. The molecule has 0 spiro atoms. The van der Waals surface area contributed by atoms with Crippen LogP contribution in [0.3, 0.4) is 0 Å². The summed E-state index contributed by atoms with van der Waals surface area (Å²) in [6, 6.07) is 0. The Morgan fingerprint density at radius 3 is 2.50 bits per heavy atom. The van der Waals surface area contributed by atoms with Gasteiger partial charge in [-0.05, 0) is 44.9 Å². The number of nitrogens with one attached hydrogen (secondary N) is 1. The van der Waals surface area contributed by atoms with Gasteiger partial charge in [0.25, 0.3) is 0 Å². The van der Waals surface area contributed by atoms with Crippen molar-refractivity contribution in [3.63, 3.8) is 0 Å². The molecule has 0 aliphatic carbocycles. The Bertz CT molecular complexity index is 107. The monoisotopic (exact) mass is 201 g/mol. The molecule has 3 heteroatoms. The third-order valence-corrected chi connectivity index (χ3v) is 2.54. The summed E-state index contributed by atoms with van der Waals surface area (Å²) in [6.07, 6.45) is 6.26. The molecule has 0 bridgehead atoms. The molecule has 14 heavy (non-hydrogen) atoms. The molecule has 0 aliphatic heterocycles. The molecule has 0 aromatic rings. The summed E-state index contributed by atoms with van der Waals surface area (Å²) in [5.74, 6) is 0.652. The third-order valence-electron chi connectivity index (χ3n) is 2.54. The van der Waals surface area contributed by atoms with Crippen LogP contribution in [-0.4, -0.2) is 26.2 Å². The van der Waals surface area contributed by atoms with Crippen molar-refractivity contribution in [1.29, 1.82) is 0 Å². The fourth-order valence-corrected chi connectivity index (χ4v) is 1.52. The maximum atomic E-state index is 5.71. The van der Waals surface area contributed by atoms with Crippen LogP contribution in [0.4, 0.5) is 0 Å². The van der Waals surface area contributed by atoms with Gasteiger partial charge in [-0.15, -0.1) is 0 Å². The van der Waals surface area contributed by atoms with Crippen molar-refractivity contribution in [1.82, 2.24) is 5.32 Å². The quantitative estimate of drug-likeness (QED) is 0.463. The molecule has 86 valence electrons. The Hall–Kier alpha value is -0.120. The largest absolute Gasteiger partial charge is 0.330 e. The highest BCUT2D eigenvalue weighted by Gasteiger charge is 2.04. The first-order valence-corrected chi connectivity index (χ1v) is 5.96. The number of nitrogens with two attached hydrogens (primary N) is 2. The van der Waals surface area contributed by atoms with Gasteiger partial charge < -0.3 is 16.8 Å². The van der Waals surface area contributed by atoms with Crippen molar-refractivity contribution in [2.45, 2.75) is 39.0 Å². The lowest BCUT2D eigenvalue weighted by molar-refractivity contribution is 0.433. The van der Waals surface area contributed by atoms with E-state index >= 15 is 0 Å². The van der Waals surface area contributed by atoms with Crippen molar-refractivity contribution in [2.75, 3.05) is 26.2 Å². The second-order valence-electron chi connectivity index (χ2n) is 3.94. The van der Waals surface area contributed by atoms with Crippen LogP contribution in [0.1, 0.15) is 39.0 Å². The van der Waals surface area contributed by atoms with Gasteiger partial charge in [-0.3, -0.25) is 0 Å². The maximum absolute atomic E-state index is 5.71. The number of rotatable bonds is 10. The van der Waals surface area contributed by atoms with Gasteiger partial charge in [-0.1, -0.05) is 26.2 Å². The predicted molar refractivity (Wildman–Crippen MR) is 63.2 cm³/mol. The predicted octanol–water partition coefficient (Wildman–Crippen LogP) is 1.08. The lowest BCUT2D eigenvalue weighted by Gasteiger charge is -2.15. The molecule has 1 unspecified atom stereocenters. The van der Waals surface area contributed by atoms with Crippen molar-refractivity contribution in [2.24, 2.45) is 17.4 Å². The molecule has 0 aliphatic rings. The minimum absolute atomic E-state index is 0.652. The van der Waals surface area contributed by atoms with Gasteiger partial charge in [-0.2, -0.15) is 0 Å². The van der Waals surface area contributed by atoms with E-state index in [-0.39, 0.29) is 0 Å². The summed E-state index contributed by atoms with van der Waals surface area (Å²) in [5.41, 5.74) is 11.1. The van der Waals surface area contributed by atoms with Crippen molar-refractivity contribution in [3.8, 4) is 0 Å². The van der Waals surface area contributed by atoms with Crippen LogP contribution in [0.25, 0.3) is 0 Å². The van der Waals surface area contributed by atoms with Gasteiger partial charge in [0.1, 0.15) is 0 Å². The zero-order valence-electron chi connectivity index (χ0n) is 9.60. The molecular formula is C11H27N3. The van der Waals surface area contributed by atoms with Gasteiger partial charge >= 0.3 is 0 Å². The Balaban J connectivity index is 3.28. The highest BCUT2D eigenvalue weighted by atomic mass is 14.9. The number of unbranched alkanes of at least 4 members (excludes halogenated alkanes) is 2. The van der Waals surface area contributed by atoms with E-state index in [0.29, 0.717) is 5.92 Å². The first kappa shape index (κ1) is 13.9. The molecule has 0 aromatic heterocycles. The Morgan fingerprint density at radius 1 is 1.14 bits per heavy atom. The second kappa shape index (κ2) is 11.0. The summed E-state index contributed by atoms with van der Waals surface area (Å²) >= 11 is 0. The van der Waals surface area contributed by atoms with Crippen molar-refractivity contribution < 1.29 is 0 Å². The molecule has 5 N–H and O–H groups in total. The molecule has 0 saturated carbocycles. The van der Waals surface area contributed by atoms with E-state index in [9.17, 15) is 0 Å². The SMILES string of the molecule is CCCCCC(CN)CNCCCN. The maximum Gasteiger partial charge on any atom is -0.000845 e. The van der Waals surface area contributed by atoms with Crippen LogP contribution < -0.4 is 16.8 Å². The standard InChI is InChI=1S/C11H27N3/c1-2-3-4-6-11(9-13)10-14-8-5-7-12/h11,14H,2-10,12-13H2,1H3. The fourth-order valence-electron chi connectivity index (χ4n) is 1.52.